The molecule has 0 aliphatic carbocycles. The van der Waals surface area contributed by atoms with E-state index >= 15 is 0 Å². The Kier molecular flexibility index (Phi) is 3.91. The summed E-state index contributed by atoms with van der Waals surface area (Å²) in [6.07, 6.45) is 3.35. The predicted octanol–water partition coefficient (Wildman–Crippen LogP) is 4.73. The van der Waals surface area contributed by atoms with Gasteiger partial charge in [-0.25, -0.2) is 4.98 Å². The van der Waals surface area contributed by atoms with E-state index in [1.807, 2.05) is 30.5 Å². The van der Waals surface area contributed by atoms with Gasteiger partial charge in [0, 0.05) is 33.2 Å². The minimum absolute atomic E-state index is 0.218. The number of fused-ring (bicyclic) bond motifs is 2. The lowest BCUT2D eigenvalue weighted by atomic mass is 10.00. The smallest absolute Gasteiger partial charge is 0.257 e. The molecule has 0 saturated heterocycles. The molecular weight excluding hydrogens is 368 g/mol. The van der Waals surface area contributed by atoms with Crippen molar-refractivity contribution in [3.05, 3.63) is 77.5 Å². The maximum Gasteiger partial charge on any atom is 0.257 e. The normalized spacial score (nSPS) is 12.3. The number of nitrogens with zero attached hydrogens (tertiary/aromatic N) is 2. The SMILES string of the molecule is Nc1ccc(C(=O)Nc2cc3c(c(-c4cc5ccccc5s4)c2)CN=C3)cn1. The van der Waals surface area contributed by atoms with Gasteiger partial charge in [-0.1, -0.05) is 18.2 Å². The Morgan fingerprint density at radius 3 is 2.82 bits per heavy atom. The fraction of sp³-hybridized carbons (Fsp3) is 0.0455. The summed E-state index contributed by atoms with van der Waals surface area (Å²) in [5.74, 6) is 0.169. The molecule has 6 heteroatoms. The van der Waals surface area contributed by atoms with Crippen LogP contribution in [0.4, 0.5) is 11.5 Å². The standard InChI is InChI=1S/C22H16N4OS/c23-21-6-5-14(11-25-21)22(27)26-16-7-15-10-24-12-18(15)17(9-16)20-8-13-3-1-2-4-19(13)28-20/h1-11H,12H2,(H2,23,25)(H,26,27). The summed E-state index contributed by atoms with van der Waals surface area (Å²) in [6.45, 7) is 0.662. The van der Waals surface area contributed by atoms with Crippen molar-refractivity contribution in [1.29, 1.82) is 0 Å². The van der Waals surface area contributed by atoms with E-state index in [1.54, 1.807) is 23.5 Å². The molecule has 28 heavy (non-hydrogen) atoms. The van der Waals surface area contributed by atoms with Crippen LogP contribution in [0.25, 0.3) is 20.5 Å². The van der Waals surface area contributed by atoms with Gasteiger partial charge in [0.2, 0.25) is 0 Å². The highest BCUT2D eigenvalue weighted by atomic mass is 32.1. The van der Waals surface area contributed by atoms with Crippen LogP contribution in [0, 0.1) is 0 Å². The van der Waals surface area contributed by atoms with Crippen molar-refractivity contribution in [2.24, 2.45) is 4.99 Å². The Morgan fingerprint density at radius 1 is 1.11 bits per heavy atom. The van der Waals surface area contributed by atoms with E-state index in [2.05, 4.69) is 33.5 Å². The van der Waals surface area contributed by atoms with Gasteiger partial charge in [0.15, 0.2) is 0 Å². The number of nitrogens with two attached hydrogens (primary N) is 1. The van der Waals surface area contributed by atoms with Gasteiger partial charge in [0.25, 0.3) is 5.91 Å². The number of thiophene rings is 1. The highest BCUT2D eigenvalue weighted by molar-refractivity contribution is 7.22. The summed E-state index contributed by atoms with van der Waals surface area (Å²) in [7, 11) is 0. The summed E-state index contributed by atoms with van der Waals surface area (Å²) >= 11 is 1.75. The van der Waals surface area contributed by atoms with E-state index in [9.17, 15) is 4.79 Å². The summed E-state index contributed by atoms with van der Waals surface area (Å²) in [6, 6.07) is 17.8. The quantitative estimate of drug-likeness (QED) is 0.536. The number of hydrogen-bond donors (Lipinski definition) is 2. The molecule has 5 rings (SSSR count). The molecule has 1 aliphatic heterocycles. The van der Waals surface area contributed by atoms with Crippen LogP contribution in [-0.4, -0.2) is 17.1 Å². The van der Waals surface area contributed by atoms with Crippen LogP contribution in [0.15, 0.2) is 65.8 Å². The molecule has 1 amide bonds. The van der Waals surface area contributed by atoms with Crippen LogP contribution in [0.2, 0.25) is 0 Å². The third-order valence-electron chi connectivity index (χ3n) is 4.76. The van der Waals surface area contributed by atoms with Gasteiger partial charge in [-0.15, -0.1) is 11.3 Å². The minimum atomic E-state index is -0.218. The van der Waals surface area contributed by atoms with E-state index < -0.39 is 0 Å². The first-order valence-electron chi connectivity index (χ1n) is 8.86. The lowest BCUT2D eigenvalue weighted by molar-refractivity contribution is 0.102. The number of rotatable bonds is 3. The lowest BCUT2D eigenvalue weighted by Gasteiger charge is -2.11. The molecule has 0 atom stereocenters. The maximum atomic E-state index is 12.6. The number of pyridine rings is 1. The van der Waals surface area contributed by atoms with E-state index in [4.69, 9.17) is 5.73 Å². The predicted molar refractivity (Wildman–Crippen MR) is 115 cm³/mol. The average Bonchev–Trinajstić information content (AvgIpc) is 3.34. The number of aliphatic imine (C=N–C) groups is 1. The van der Waals surface area contributed by atoms with Crippen LogP contribution in [0.1, 0.15) is 21.5 Å². The Bertz CT molecular complexity index is 1210. The molecule has 5 nitrogen and oxygen atoms in total. The number of aromatic nitrogens is 1. The highest BCUT2D eigenvalue weighted by Crippen LogP contribution is 2.39. The fourth-order valence-corrected chi connectivity index (χ4v) is 4.48. The first-order valence-corrected chi connectivity index (χ1v) is 9.67. The van der Waals surface area contributed by atoms with Gasteiger partial charge in [-0.3, -0.25) is 9.79 Å². The van der Waals surface area contributed by atoms with Crippen molar-refractivity contribution in [2.75, 3.05) is 11.1 Å². The van der Waals surface area contributed by atoms with Crippen molar-refractivity contribution < 1.29 is 4.79 Å². The molecule has 0 spiro atoms. The van der Waals surface area contributed by atoms with Crippen LogP contribution >= 0.6 is 11.3 Å². The van der Waals surface area contributed by atoms with Crippen LogP contribution in [0.5, 0.6) is 0 Å². The molecule has 136 valence electrons. The first-order chi connectivity index (χ1) is 13.7. The van der Waals surface area contributed by atoms with Gasteiger partial charge in [0.1, 0.15) is 5.82 Å². The number of amides is 1. The van der Waals surface area contributed by atoms with Gasteiger partial charge < -0.3 is 11.1 Å². The van der Waals surface area contributed by atoms with Gasteiger partial charge in [0.05, 0.1) is 12.1 Å². The molecule has 2 aromatic heterocycles. The third kappa shape index (κ3) is 2.93. The summed E-state index contributed by atoms with van der Waals surface area (Å²) < 4.78 is 1.24. The second-order valence-electron chi connectivity index (χ2n) is 6.64. The summed E-state index contributed by atoms with van der Waals surface area (Å²) in [5, 5.41) is 4.19. The molecule has 3 N–H and O–H groups in total. The Labute approximate surface area is 165 Å². The number of nitrogens with one attached hydrogen (secondary N) is 1. The van der Waals surface area contributed by atoms with Crippen LogP contribution in [0.3, 0.4) is 0 Å². The highest BCUT2D eigenvalue weighted by Gasteiger charge is 2.18. The van der Waals surface area contributed by atoms with Crippen LogP contribution < -0.4 is 11.1 Å². The van der Waals surface area contributed by atoms with E-state index in [0.717, 1.165) is 16.8 Å². The molecule has 3 heterocycles. The zero-order valence-electron chi connectivity index (χ0n) is 14.8. The molecule has 0 unspecified atom stereocenters. The third-order valence-corrected chi connectivity index (χ3v) is 5.91. The molecule has 0 radical (unpaired) electrons. The topological polar surface area (TPSA) is 80.4 Å². The van der Waals surface area contributed by atoms with E-state index in [-0.39, 0.29) is 5.91 Å². The molecule has 0 bridgehead atoms. The average molecular weight is 384 g/mol. The summed E-state index contributed by atoms with van der Waals surface area (Å²) in [4.78, 5) is 22.2. The number of carbonyl (C=O) groups excluding carboxylic acids is 1. The van der Waals surface area contributed by atoms with Crippen molar-refractivity contribution in [1.82, 2.24) is 4.98 Å². The molecule has 2 aromatic carbocycles. The monoisotopic (exact) mass is 384 g/mol. The van der Waals surface area contributed by atoms with Crippen molar-refractivity contribution in [3.8, 4) is 10.4 Å². The van der Waals surface area contributed by atoms with Gasteiger partial charge in [-0.2, -0.15) is 0 Å². The molecular formula is C22H16N4OS. The molecule has 0 saturated carbocycles. The largest absolute Gasteiger partial charge is 0.384 e. The first kappa shape index (κ1) is 16.6. The minimum Gasteiger partial charge on any atom is -0.384 e. The zero-order valence-corrected chi connectivity index (χ0v) is 15.7. The Balaban J connectivity index is 1.54. The molecule has 1 aliphatic rings. The number of nitrogen functional groups attached to an aromatic ring is 1. The second-order valence-corrected chi connectivity index (χ2v) is 7.72. The number of carbonyl (C=O) groups is 1. The van der Waals surface area contributed by atoms with Gasteiger partial charge >= 0.3 is 0 Å². The number of benzene rings is 2. The van der Waals surface area contributed by atoms with E-state index in [1.165, 1.54) is 26.7 Å². The van der Waals surface area contributed by atoms with Crippen molar-refractivity contribution >= 4 is 45.0 Å². The zero-order chi connectivity index (χ0) is 19.1. The maximum absolute atomic E-state index is 12.6. The number of hydrogen-bond acceptors (Lipinski definition) is 5. The van der Waals surface area contributed by atoms with Gasteiger partial charge in [-0.05, 0) is 52.9 Å². The Hall–Kier alpha value is -3.51. The van der Waals surface area contributed by atoms with E-state index in [0.29, 0.717) is 17.9 Å². The Morgan fingerprint density at radius 2 is 2.00 bits per heavy atom. The fourth-order valence-electron chi connectivity index (χ4n) is 3.37. The molecule has 4 aromatic rings. The summed E-state index contributed by atoms with van der Waals surface area (Å²) in [5.41, 5.74) is 10.2. The van der Waals surface area contributed by atoms with Crippen molar-refractivity contribution in [3.63, 3.8) is 0 Å². The lowest BCUT2D eigenvalue weighted by Crippen LogP contribution is -2.13. The second kappa shape index (κ2) is 6.58. The van der Waals surface area contributed by atoms with Crippen LogP contribution in [-0.2, 0) is 6.54 Å². The number of anilines is 2. The van der Waals surface area contributed by atoms with Crippen molar-refractivity contribution in [2.45, 2.75) is 6.54 Å². The molecule has 0 fully saturated rings.